The van der Waals surface area contributed by atoms with E-state index in [2.05, 4.69) is 44.2 Å². The van der Waals surface area contributed by atoms with E-state index in [1.54, 1.807) is 4.90 Å². The second-order valence-corrected chi connectivity index (χ2v) is 7.86. The molecular formula is C20H32NO+. The molecule has 0 amide bonds. The minimum absolute atomic E-state index is 0.408. The average Bonchev–Trinajstić information content (AvgIpc) is 2.54. The molecule has 4 atom stereocenters. The minimum Gasteiger partial charge on any atom is -0.389 e. The number of nitrogens with one attached hydrogen (secondary N) is 1. The summed E-state index contributed by atoms with van der Waals surface area (Å²) in [6, 6.07) is 11.3. The van der Waals surface area contributed by atoms with Crippen LogP contribution in [0.2, 0.25) is 0 Å². The van der Waals surface area contributed by atoms with Gasteiger partial charge in [0.2, 0.25) is 0 Å². The Morgan fingerprint density at radius 2 is 1.77 bits per heavy atom. The number of piperidine rings is 1. The molecule has 1 unspecified atom stereocenters. The molecule has 0 radical (unpaired) electrons. The summed E-state index contributed by atoms with van der Waals surface area (Å²) >= 11 is 0. The van der Waals surface area contributed by atoms with Crippen molar-refractivity contribution >= 4 is 0 Å². The molecule has 122 valence electrons. The van der Waals surface area contributed by atoms with Crippen molar-refractivity contribution in [2.45, 2.75) is 70.6 Å². The lowest BCUT2D eigenvalue weighted by Crippen LogP contribution is -3.16. The summed E-state index contributed by atoms with van der Waals surface area (Å²) < 4.78 is 0. The highest BCUT2D eigenvalue weighted by Crippen LogP contribution is 2.40. The minimum atomic E-state index is -0.417. The van der Waals surface area contributed by atoms with Crippen LogP contribution >= 0.6 is 0 Å². The van der Waals surface area contributed by atoms with Gasteiger partial charge in [-0.25, -0.2) is 0 Å². The normalized spacial score (nSPS) is 37.1. The monoisotopic (exact) mass is 302 g/mol. The first-order valence-corrected chi connectivity index (χ1v) is 9.20. The average molecular weight is 302 g/mol. The van der Waals surface area contributed by atoms with Gasteiger partial charge in [-0.05, 0) is 25.7 Å². The Morgan fingerprint density at radius 1 is 1.09 bits per heavy atom. The number of likely N-dealkylation sites (tertiary alicyclic amines) is 1. The molecule has 3 rings (SSSR count). The van der Waals surface area contributed by atoms with E-state index in [4.69, 9.17) is 0 Å². The number of hydrogen-bond donors (Lipinski definition) is 2. The summed E-state index contributed by atoms with van der Waals surface area (Å²) in [5, 5.41) is 11.4. The molecule has 22 heavy (non-hydrogen) atoms. The van der Waals surface area contributed by atoms with Crippen molar-refractivity contribution < 1.29 is 10.0 Å². The molecule has 1 aliphatic carbocycles. The third kappa shape index (κ3) is 3.23. The second-order valence-electron chi connectivity index (χ2n) is 7.86. The van der Waals surface area contributed by atoms with Crippen LogP contribution in [0.15, 0.2) is 30.3 Å². The standard InChI is InChI=1S/C20H31NO/c1-16-14-21(15-18-9-5-3-6-10-18)17(2)13-20(16,22)19-11-7-4-8-12-19/h3,5-6,9-10,16-17,19,22H,4,7-8,11-15H2,1-2H3/p+1/t16-,17-,20+/m1/s1. The second kappa shape index (κ2) is 6.72. The molecule has 2 aliphatic rings. The molecule has 1 aromatic rings. The first kappa shape index (κ1) is 16.0. The molecule has 2 heteroatoms. The zero-order valence-corrected chi connectivity index (χ0v) is 14.2. The fourth-order valence-electron chi connectivity index (χ4n) is 4.88. The van der Waals surface area contributed by atoms with Gasteiger partial charge in [-0.1, -0.05) is 56.5 Å². The van der Waals surface area contributed by atoms with E-state index in [0.29, 0.717) is 17.9 Å². The van der Waals surface area contributed by atoms with Crippen LogP contribution in [0.25, 0.3) is 0 Å². The van der Waals surface area contributed by atoms with Gasteiger partial charge < -0.3 is 10.0 Å². The highest BCUT2D eigenvalue weighted by molar-refractivity contribution is 5.13. The molecule has 0 bridgehead atoms. The van der Waals surface area contributed by atoms with Gasteiger partial charge in [0.1, 0.15) is 6.54 Å². The molecule has 2 nitrogen and oxygen atoms in total. The highest BCUT2D eigenvalue weighted by atomic mass is 16.3. The van der Waals surface area contributed by atoms with Crippen LogP contribution in [-0.2, 0) is 6.54 Å². The molecule has 2 N–H and O–H groups in total. The molecule has 2 fully saturated rings. The Kier molecular flexibility index (Phi) is 4.89. The molecular weight excluding hydrogens is 270 g/mol. The smallest absolute Gasteiger partial charge is 0.103 e. The van der Waals surface area contributed by atoms with Gasteiger partial charge in [0.25, 0.3) is 0 Å². The van der Waals surface area contributed by atoms with Crippen LogP contribution in [-0.4, -0.2) is 23.3 Å². The first-order valence-electron chi connectivity index (χ1n) is 9.20. The van der Waals surface area contributed by atoms with Crippen molar-refractivity contribution in [1.82, 2.24) is 0 Å². The van der Waals surface area contributed by atoms with Crippen molar-refractivity contribution in [2.24, 2.45) is 11.8 Å². The lowest BCUT2D eigenvalue weighted by Gasteiger charge is -2.49. The number of aliphatic hydroxyl groups is 1. The van der Waals surface area contributed by atoms with Gasteiger partial charge in [0.05, 0.1) is 18.2 Å². The Hall–Kier alpha value is -0.860. The predicted octanol–water partition coefficient (Wildman–Crippen LogP) is 2.81. The molecule has 1 heterocycles. The molecule has 0 aromatic heterocycles. The summed E-state index contributed by atoms with van der Waals surface area (Å²) in [4.78, 5) is 1.64. The quantitative estimate of drug-likeness (QED) is 0.882. The maximum Gasteiger partial charge on any atom is 0.103 e. The fraction of sp³-hybridized carbons (Fsp3) is 0.700. The molecule has 1 saturated heterocycles. The van der Waals surface area contributed by atoms with E-state index >= 15 is 0 Å². The van der Waals surface area contributed by atoms with E-state index in [1.165, 1.54) is 37.7 Å². The van der Waals surface area contributed by atoms with E-state index in [1.807, 2.05) is 0 Å². The largest absolute Gasteiger partial charge is 0.389 e. The summed E-state index contributed by atoms with van der Waals surface area (Å²) in [5.41, 5.74) is 1.000. The predicted molar refractivity (Wildman–Crippen MR) is 90.7 cm³/mol. The number of quaternary nitrogens is 1. The van der Waals surface area contributed by atoms with E-state index in [9.17, 15) is 5.11 Å². The molecule has 1 aromatic carbocycles. The Labute approximate surface area is 135 Å². The number of hydrogen-bond acceptors (Lipinski definition) is 1. The van der Waals surface area contributed by atoms with Gasteiger partial charge >= 0.3 is 0 Å². The van der Waals surface area contributed by atoms with E-state index in [-0.39, 0.29) is 0 Å². The van der Waals surface area contributed by atoms with Crippen LogP contribution in [0.1, 0.15) is 57.9 Å². The van der Waals surface area contributed by atoms with Gasteiger partial charge in [-0.2, -0.15) is 0 Å². The zero-order chi connectivity index (χ0) is 15.6. The van der Waals surface area contributed by atoms with Crippen molar-refractivity contribution in [3.05, 3.63) is 35.9 Å². The summed E-state index contributed by atoms with van der Waals surface area (Å²) in [6.07, 6.45) is 7.44. The fourth-order valence-corrected chi connectivity index (χ4v) is 4.88. The first-order chi connectivity index (χ1) is 10.6. The van der Waals surface area contributed by atoms with Gasteiger partial charge in [-0.15, -0.1) is 0 Å². The van der Waals surface area contributed by atoms with Crippen LogP contribution < -0.4 is 4.90 Å². The van der Waals surface area contributed by atoms with Crippen LogP contribution in [0.5, 0.6) is 0 Å². The van der Waals surface area contributed by atoms with Crippen LogP contribution in [0, 0.1) is 11.8 Å². The summed E-state index contributed by atoms with van der Waals surface area (Å²) in [6.45, 7) is 6.81. The molecule has 0 spiro atoms. The van der Waals surface area contributed by atoms with E-state index < -0.39 is 5.60 Å². The highest BCUT2D eigenvalue weighted by Gasteiger charge is 2.49. The van der Waals surface area contributed by atoms with Crippen LogP contribution in [0.4, 0.5) is 0 Å². The third-order valence-electron chi connectivity index (χ3n) is 6.34. The van der Waals surface area contributed by atoms with Crippen molar-refractivity contribution in [2.75, 3.05) is 6.54 Å². The lowest BCUT2D eigenvalue weighted by molar-refractivity contribution is -0.948. The molecule has 1 saturated carbocycles. The Bertz CT molecular complexity index is 468. The Morgan fingerprint density at radius 3 is 2.45 bits per heavy atom. The lowest BCUT2D eigenvalue weighted by atomic mass is 9.66. The van der Waals surface area contributed by atoms with Crippen molar-refractivity contribution in [1.29, 1.82) is 0 Å². The third-order valence-corrected chi connectivity index (χ3v) is 6.34. The topological polar surface area (TPSA) is 24.7 Å². The molecule has 1 aliphatic heterocycles. The summed E-state index contributed by atoms with van der Waals surface area (Å²) in [7, 11) is 0. The van der Waals surface area contributed by atoms with E-state index in [0.717, 1.165) is 19.5 Å². The maximum absolute atomic E-state index is 11.4. The number of rotatable bonds is 3. The van der Waals surface area contributed by atoms with Gasteiger partial charge in [-0.3, -0.25) is 0 Å². The Balaban J connectivity index is 1.68. The van der Waals surface area contributed by atoms with Gasteiger partial charge in [0.15, 0.2) is 0 Å². The zero-order valence-electron chi connectivity index (χ0n) is 14.2. The maximum atomic E-state index is 11.4. The van der Waals surface area contributed by atoms with Gasteiger partial charge in [0, 0.05) is 17.9 Å². The van der Waals surface area contributed by atoms with Crippen molar-refractivity contribution in [3.8, 4) is 0 Å². The van der Waals surface area contributed by atoms with Crippen LogP contribution in [0.3, 0.4) is 0 Å². The SMILES string of the molecule is C[C@@H]1C[C@@](O)(C2CCCCC2)[C@H](C)C[NH+]1Cc1ccccc1. The summed E-state index contributed by atoms with van der Waals surface area (Å²) in [5.74, 6) is 0.947. The van der Waals surface area contributed by atoms with Crippen molar-refractivity contribution in [3.63, 3.8) is 0 Å². The number of benzene rings is 1.